The molecule has 1 aliphatic carbocycles. The third-order valence-corrected chi connectivity index (χ3v) is 4.45. The third-order valence-electron chi connectivity index (χ3n) is 2.34. The van der Waals surface area contributed by atoms with E-state index in [4.69, 9.17) is 11.6 Å². The lowest BCUT2D eigenvalue weighted by Crippen LogP contribution is -2.14. The minimum Gasteiger partial charge on any atom is -0.120 e. The van der Waals surface area contributed by atoms with Gasteiger partial charge in [-0.05, 0) is 18.4 Å². The summed E-state index contributed by atoms with van der Waals surface area (Å²) in [4.78, 5) is 1.27. The first kappa shape index (κ1) is 8.46. The van der Waals surface area contributed by atoms with Gasteiger partial charge >= 0.3 is 0 Å². The average molecular weight is 199 g/mol. The summed E-state index contributed by atoms with van der Waals surface area (Å²) in [6, 6.07) is 0. The first-order valence-corrected chi connectivity index (χ1v) is 5.37. The molecule has 0 amide bonds. The summed E-state index contributed by atoms with van der Waals surface area (Å²) >= 11 is 8.05. The molecule has 0 bridgehead atoms. The highest BCUT2D eigenvalue weighted by Crippen LogP contribution is 2.47. The maximum atomic E-state index is 6.16. The highest BCUT2D eigenvalue weighted by atomic mass is 35.5. The van der Waals surface area contributed by atoms with E-state index in [1.165, 1.54) is 10.5 Å². The second-order valence-corrected chi connectivity index (χ2v) is 5.01. The van der Waals surface area contributed by atoms with E-state index in [0.717, 1.165) is 5.03 Å². The lowest BCUT2D eigenvalue weighted by atomic mass is 9.95. The maximum absolute atomic E-state index is 6.16. The lowest BCUT2D eigenvalue weighted by Gasteiger charge is -2.20. The second-order valence-electron chi connectivity index (χ2n) is 3.27. The van der Waals surface area contributed by atoms with Crippen LogP contribution in [0.3, 0.4) is 0 Å². The molecule has 2 heteroatoms. The number of hydrogen-bond donors (Lipinski definition) is 0. The van der Waals surface area contributed by atoms with Gasteiger partial charge in [-0.2, -0.15) is 0 Å². The Bertz CT molecular complexity index is 299. The van der Waals surface area contributed by atoms with Gasteiger partial charge in [-0.1, -0.05) is 36.8 Å². The fourth-order valence-corrected chi connectivity index (χ4v) is 3.24. The summed E-state index contributed by atoms with van der Waals surface area (Å²) in [5.74, 6) is 0.612. The molecule has 0 nitrogen and oxygen atoms in total. The van der Waals surface area contributed by atoms with E-state index in [2.05, 4.69) is 32.1 Å². The average Bonchev–Trinajstić information content (AvgIpc) is 2.32. The second kappa shape index (κ2) is 2.97. The zero-order valence-corrected chi connectivity index (χ0v) is 8.75. The molecule has 2 aliphatic rings. The molecule has 2 atom stereocenters. The summed E-state index contributed by atoms with van der Waals surface area (Å²) in [6.45, 7) is 4.34. The predicted octanol–water partition coefficient (Wildman–Crippen LogP) is 3.70. The summed E-state index contributed by atoms with van der Waals surface area (Å²) in [6.07, 6.45) is 6.48. The van der Waals surface area contributed by atoms with Crippen LogP contribution in [0.2, 0.25) is 0 Å². The van der Waals surface area contributed by atoms with Crippen molar-refractivity contribution >= 4 is 23.4 Å². The van der Waals surface area contributed by atoms with Gasteiger partial charge in [-0.15, -0.1) is 11.8 Å². The van der Waals surface area contributed by atoms with Crippen LogP contribution in [0.4, 0.5) is 0 Å². The van der Waals surface area contributed by atoms with E-state index in [0.29, 0.717) is 11.2 Å². The van der Waals surface area contributed by atoms with Crippen molar-refractivity contribution in [3.05, 3.63) is 33.7 Å². The summed E-state index contributed by atoms with van der Waals surface area (Å²) in [5.41, 5.74) is 1.31. The Balaban J connectivity index is 2.39. The molecule has 0 aromatic heterocycles. The first-order valence-electron chi connectivity index (χ1n) is 4.12. The van der Waals surface area contributed by atoms with Crippen molar-refractivity contribution in [3.63, 3.8) is 0 Å². The molecule has 0 saturated carbocycles. The van der Waals surface area contributed by atoms with E-state index >= 15 is 0 Å². The van der Waals surface area contributed by atoms with Gasteiger partial charge in [0, 0.05) is 10.2 Å². The Morgan fingerprint density at radius 2 is 2.25 bits per heavy atom. The van der Waals surface area contributed by atoms with Crippen LogP contribution in [0.15, 0.2) is 33.7 Å². The Labute approximate surface area is 82.4 Å². The van der Waals surface area contributed by atoms with Crippen LogP contribution >= 0.6 is 23.4 Å². The number of fused-ring (bicyclic) bond motifs is 1. The number of allylic oxidation sites excluding steroid dienone is 5. The zero-order valence-electron chi connectivity index (χ0n) is 7.17. The normalized spacial score (nSPS) is 33.8. The Morgan fingerprint density at radius 3 is 2.92 bits per heavy atom. The smallest absolute Gasteiger partial charge is 0.0541 e. The topological polar surface area (TPSA) is 0 Å². The molecule has 64 valence electrons. The minimum atomic E-state index is 0.572. The van der Waals surface area contributed by atoms with E-state index in [9.17, 15) is 0 Å². The number of halogens is 1. The van der Waals surface area contributed by atoms with E-state index < -0.39 is 0 Å². The van der Waals surface area contributed by atoms with E-state index in [1.54, 1.807) is 0 Å². The van der Waals surface area contributed by atoms with Gasteiger partial charge in [0.1, 0.15) is 0 Å². The van der Waals surface area contributed by atoms with Gasteiger partial charge in [0.15, 0.2) is 0 Å². The van der Waals surface area contributed by atoms with Crippen LogP contribution in [0.5, 0.6) is 0 Å². The largest absolute Gasteiger partial charge is 0.120 e. The summed E-state index contributed by atoms with van der Waals surface area (Å²) < 4.78 is 0. The van der Waals surface area contributed by atoms with Gasteiger partial charge < -0.3 is 0 Å². The first-order chi connectivity index (χ1) is 5.70. The molecular formula is C10H11ClS. The van der Waals surface area contributed by atoms with Crippen LogP contribution in [-0.2, 0) is 0 Å². The van der Waals surface area contributed by atoms with Crippen molar-refractivity contribution < 1.29 is 0 Å². The Hall–Kier alpha value is -0.140. The molecule has 0 spiro atoms. The third kappa shape index (κ3) is 1.16. The van der Waals surface area contributed by atoms with Crippen molar-refractivity contribution in [3.8, 4) is 0 Å². The molecular weight excluding hydrogens is 188 g/mol. The van der Waals surface area contributed by atoms with Crippen LogP contribution in [0.25, 0.3) is 0 Å². The number of rotatable bonds is 0. The zero-order chi connectivity index (χ0) is 8.72. The predicted molar refractivity (Wildman–Crippen MR) is 56.3 cm³/mol. The van der Waals surface area contributed by atoms with E-state index in [-0.39, 0.29) is 0 Å². The van der Waals surface area contributed by atoms with E-state index in [1.807, 2.05) is 11.8 Å². The molecule has 0 N–H and O–H groups in total. The highest BCUT2D eigenvalue weighted by molar-refractivity contribution is 8.04. The van der Waals surface area contributed by atoms with Crippen LogP contribution in [0.1, 0.15) is 13.8 Å². The number of thioether (sulfide) groups is 1. The van der Waals surface area contributed by atoms with Gasteiger partial charge in [-0.3, -0.25) is 0 Å². The standard InChI is InChI=1S/C10H11ClS/c1-6-4-3-5-8-9(11)7(2)12-10(6)8/h3-6,10H,1-2H3/t6-,10?/m0/s1. The summed E-state index contributed by atoms with van der Waals surface area (Å²) in [7, 11) is 0. The minimum absolute atomic E-state index is 0.572. The molecule has 1 aliphatic heterocycles. The molecule has 0 saturated heterocycles. The van der Waals surface area contributed by atoms with Crippen molar-refractivity contribution in [1.29, 1.82) is 0 Å². The lowest BCUT2D eigenvalue weighted by molar-refractivity contribution is 0.738. The van der Waals surface area contributed by atoms with Crippen molar-refractivity contribution in [1.82, 2.24) is 0 Å². The van der Waals surface area contributed by atoms with Crippen molar-refractivity contribution in [2.24, 2.45) is 5.92 Å². The van der Waals surface area contributed by atoms with Crippen LogP contribution in [0, 0.1) is 5.92 Å². The molecule has 0 aromatic carbocycles. The fraction of sp³-hybridized carbons (Fsp3) is 0.400. The maximum Gasteiger partial charge on any atom is 0.0541 e. The van der Waals surface area contributed by atoms with Gasteiger partial charge in [0.05, 0.1) is 5.03 Å². The Morgan fingerprint density at radius 1 is 1.50 bits per heavy atom. The Kier molecular flexibility index (Phi) is 2.09. The molecule has 0 radical (unpaired) electrons. The van der Waals surface area contributed by atoms with Gasteiger partial charge in [0.2, 0.25) is 0 Å². The van der Waals surface area contributed by atoms with Gasteiger partial charge in [0.25, 0.3) is 0 Å². The quantitative estimate of drug-likeness (QED) is 0.572. The van der Waals surface area contributed by atoms with Crippen molar-refractivity contribution in [2.45, 2.75) is 19.1 Å². The SMILES string of the molecule is CC1=C(Cl)C2=CC=C[C@H](C)C2S1. The van der Waals surface area contributed by atoms with Crippen molar-refractivity contribution in [2.75, 3.05) is 0 Å². The highest BCUT2D eigenvalue weighted by Gasteiger charge is 2.31. The molecule has 1 heterocycles. The molecule has 1 unspecified atom stereocenters. The molecule has 0 aromatic rings. The van der Waals surface area contributed by atoms with Crippen LogP contribution in [-0.4, -0.2) is 5.25 Å². The van der Waals surface area contributed by atoms with Crippen LogP contribution < -0.4 is 0 Å². The summed E-state index contributed by atoms with van der Waals surface area (Å²) in [5, 5.41) is 1.55. The number of hydrogen-bond acceptors (Lipinski definition) is 1. The molecule has 0 fully saturated rings. The van der Waals surface area contributed by atoms with Gasteiger partial charge in [-0.25, -0.2) is 0 Å². The molecule has 2 rings (SSSR count). The fourth-order valence-electron chi connectivity index (χ4n) is 1.63. The monoisotopic (exact) mass is 198 g/mol. The molecule has 12 heavy (non-hydrogen) atoms.